The molecule has 0 saturated heterocycles. The first kappa shape index (κ1) is 15.7. The van der Waals surface area contributed by atoms with Gasteiger partial charge in [0.25, 0.3) is 0 Å². The van der Waals surface area contributed by atoms with E-state index >= 15 is 0 Å². The molecular formula is C15H23N5S. The number of nitrogen functional groups attached to an aromatic ring is 1. The Bertz CT molecular complexity index is 555. The van der Waals surface area contributed by atoms with Gasteiger partial charge >= 0.3 is 0 Å². The molecule has 3 N–H and O–H groups in total. The van der Waals surface area contributed by atoms with E-state index in [-0.39, 0.29) is 0 Å². The zero-order chi connectivity index (χ0) is 15.2. The normalized spacial score (nSPS) is 12.2. The van der Waals surface area contributed by atoms with Crippen LogP contribution in [0.3, 0.4) is 0 Å². The molecule has 1 unspecified atom stereocenters. The van der Waals surface area contributed by atoms with Crippen molar-refractivity contribution < 1.29 is 0 Å². The van der Waals surface area contributed by atoms with Gasteiger partial charge in [0.2, 0.25) is 0 Å². The van der Waals surface area contributed by atoms with Gasteiger partial charge in [-0.25, -0.2) is 15.8 Å². The molecule has 2 heterocycles. The molecule has 2 rings (SSSR count). The first-order chi connectivity index (χ1) is 10.1. The van der Waals surface area contributed by atoms with Crippen LogP contribution in [0.1, 0.15) is 31.0 Å². The second kappa shape index (κ2) is 7.38. The van der Waals surface area contributed by atoms with Crippen molar-refractivity contribution in [1.29, 1.82) is 0 Å². The van der Waals surface area contributed by atoms with Gasteiger partial charge in [0, 0.05) is 36.9 Å². The molecule has 114 valence electrons. The molecule has 6 heteroatoms. The molecular weight excluding hydrogens is 282 g/mol. The third-order valence-corrected chi connectivity index (χ3v) is 4.38. The zero-order valence-electron chi connectivity index (χ0n) is 12.8. The highest BCUT2D eigenvalue weighted by Gasteiger charge is 2.14. The molecule has 0 aliphatic carbocycles. The predicted molar refractivity (Wildman–Crippen MR) is 89.7 cm³/mol. The van der Waals surface area contributed by atoms with E-state index in [1.807, 2.05) is 6.07 Å². The van der Waals surface area contributed by atoms with Crippen LogP contribution in [0.2, 0.25) is 0 Å². The fourth-order valence-electron chi connectivity index (χ4n) is 2.16. The summed E-state index contributed by atoms with van der Waals surface area (Å²) in [5.74, 6) is 7.92. The monoisotopic (exact) mass is 305 g/mol. The van der Waals surface area contributed by atoms with E-state index < -0.39 is 0 Å². The third kappa shape index (κ3) is 4.15. The Hall–Kier alpha value is -1.66. The van der Waals surface area contributed by atoms with Crippen LogP contribution in [0.15, 0.2) is 23.6 Å². The predicted octanol–water partition coefficient (Wildman–Crippen LogP) is 2.84. The van der Waals surface area contributed by atoms with Gasteiger partial charge in [-0.3, -0.25) is 0 Å². The van der Waals surface area contributed by atoms with E-state index in [0.717, 1.165) is 30.9 Å². The van der Waals surface area contributed by atoms with E-state index in [0.29, 0.717) is 11.9 Å². The number of hydrazine groups is 1. The van der Waals surface area contributed by atoms with Gasteiger partial charge in [0.05, 0.1) is 0 Å². The van der Waals surface area contributed by atoms with E-state index in [4.69, 9.17) is 5.84 Å². The lowest BCUT2D eigenvalue weighted by molar-refractivity contribution is 0.675. The summed E-state index contributed by atoms with van der Waals surface area (Å²) in [6.45, 7) is 4.32. The molecule has 2 aromatic rings. The number of aromatic nitrogens is 2. The molecule has 0 aliphatic rings. The lowest BCUT2D eigenvalue weighted by Crippen LogP contribution is -2.31. The summed E-state index contributed by atoms with van der Waals surface area (Å²) in [6.07, 6.45) is 2.88. The largest absolute Gasteiger partial charge is 0.356 e. The van der Waals surface area contributed by atoms with Crippen LogP contribution in [-0.2, 0) is 12.8 Å². The minimum absolute atomic E-state index is 0.360. The van der Waals surface area contributed by atoms with E-state index in [1.165, 1.54) is 4.88 Å². The van der Waals surface area contributed by atoms with Crippen LogP contribution in [-0.4, -0.2) is 23.1 Å². The number of nitrogens with two attached hydrogens (primary N) is 1. The molecule has 0 radical (unpaired) electrons. The second-order valence-corrected chi connectivity index (χ2v) is 6.20. The molecule has 21 heavy (non-hydrogen) atoms. The van der Waals surface area contributed by atoms with Gasteiger partial charge in [-0.15, -0.1) is 11.3 Å². The van der Waals surface area contributed by atoms with Crippen LogP contribution in [0.4, 0.5) is 11.6 Å². The number of hydrogen-bond donors (Lipinski definition) is 2. The Morgan fingerprint density at radius 2 is 2.24 bits per heavy atom. The first-order valence-corrected chi connectivity index (χ1v) is 8.11. The third-order valence-electron chi connectivity index (χ3n) is 3.48. The van der Waals surface area contributed by atoms with Gasteiger partial charge in [-0.2, -0.15) is 0 Å². The lowest BCUT2D eigenvalue weighted by atomic mass is 10.2. The summed E-state index contributed by atoms with van der Waals surface area (Å²) < 4.78 is 0. The maximum Gasteiger partial charge on any atom is 0.145 e. The van der Waals surface area contributed by atoms with Gasteiger partial charge < -0.3 is 10.3 Å². The first-order valence-electron chi connectivity index (χ1n) is 7.23. The molecule has 0 aromatic carbocycles. The molecule has 0 spiro atoms. The number of rotatable bonds is 7. The topological polar surface area (TPSA) is 67.1 Å². The maximum absolute atomic E-state index is 5.51. The number of nitrogens with one attached hydrogen (secondary N) is 1. The Morgan fingerprint density at radius 1 is 1.43 bits per heavy atom. The highest BCUT2D eigenvalue weighted by Crippen LogP contribution is 2.20. The van der Waals surface area contributed by atoms with Gasteiger partial charge in [0.15, 0.2) is 0 Å². The van der Waals surface area contributed by atoms with Crippen molar-refractivity contribution in [3.05, 3.63) is 34.3 Å². The van der Waals surface area contributed by atoms with E-state index in [1.54, 1.807) is 11.3 Å². The van der Waals surface area contributed by atoms with Crippen molar-refractivity contribution in [2.24, 2.45) is 5.84 Å². The van der Waals surface area contributed by atoms with Crippen LogP contribution >= 0.6 is 11.3 Å². The lowest BCUT2D eigenvalue weighted by Gasteiger charge is -2.26. The minimum Gasteiger partial charge on any atom is -0.356 e. The summed E-state index contributed by atoms with van der Waals surface area (Å²) in [6, 6.07) is 6.51. The molecule has 0 bridgehead atoms. The highest BCUT2D eigenvalue weighted by molar-refractivity contribution is 7.09. The van der Waals surface area contributed by atoms with Crippen LogP contribution in [0, 0.1) is 0 Å². The number of likely N-dealkylation sites (N-methyl/N-ethyl adjacent to an activating group) is 1. The molecule has 0 fully saturated rings. The molecule has 0 aliphatic heterocycles. The summed E-state index contributed by atoms with van der Waals surface area (Å²) in [5, 5.41) is 2.11. The minimum atomic E-state index is 0.360. The fourth-order valence-corrected chi connectivity index (χ4v) is 2.98. The van der Waals surface area contributed by atoms with Crippen molar-refractivity contribution in [2.75, 3.05) is 17.4 Å². The van der Waals surface area contributed by atoms with E-state index in [2.05, 4.69) is 58.7 Å². The van der Waals surface area contributed by atoms with Crippen molar-refractivity contribution in [2.45, 2.75) is 39.2 Å². The average molecular weight is 305 g/mol. The SMILES string of the molecule is CCCc1nc(NN)cc(N(C)C(C)Cc2cccs2)n1. The van der Waals surface area contributed by atoms with Crippen LogP contribution in [0.25, 0.3) is 0 Å². The smallest absolute Gasteiger partial charge is 0.145 e. The molecule has 1 atom stereocenters. The van der Waals surface area contributed by atoms with Crippen molar-refractivity contribution in [1.82, 2.24) is 9.97 Å². The maximum atomic E-state index is 5.51. The summed E-state index contributed by atoms with van der Waals surface area (Å²) >= 11 is 1.79. The molecule has 2 aromatic heterocycles. The van der Waals surface area contributed by atoms with Crippen molar-refractivity contribution in [3.63, 3.8) is 0 Å². The zero-order valence-corrected chi connectivity index (χ0v) is 13.7. The van der Waals surface area contributed by atoms with Gasteiger partial charge in [-0.1, -0.05) is 13.0 Å². The fraction of sp³-hybridized carbons (Fsp3) is 0.467. The summed E-state index contributed by atoms with van der Waals surface area (Å²) in [4.78, 5) is 12.6. The standard InChI is InChI=1S/C15H23N5S/c1-4-6-13-17-14(19-16)10-15(18-13)20(3)11(2)9-12-7-5-8-21-12/h5,7-8,10-11H,4,6,9,16H2,1-3H3,(H,17,18,19). The van der Waals surface area contributed by atoms with Crippen molar-refractivity contribution >= 4 is 23.0 Å². The number of aryl methyl sites for hydroxylation is 1. The molecule has 0 amide bonds. The Morgan fingerprint density at radius 3 is 2.86 bits per heavy atom. The summed E-state index contributed by atoms with van der Waals surface area (Å²) in [5.41, 5.74) is 2.63. The van der Waals surface area contributed by atoms with Crippen LogP contribution in [0.5, 0.6) is 0 Å². The number of thiophene rings is 1. The van der Waals surface area contributed by atoms with Gasteiger partial charge in [-0.05, 0) is 24.8 Å². The molecule has 5 nitrogen and oxygen atoms in total. The number of hydrogen-bond acceptors (Lipinski definition) is 6. The highest BCUT2D eigenvalue weighted by atomic mass is 32.1. The van der Waals surface area contributed by atoms with Crippen LogP contribution < -0.4 is 16.2 Å². The second-order valence-electron chi connectivity index (χ2n) is 5.17. The van der Waals surface area contributed by atoms with Gasteiger partial charge in [0.1, 0.15) is 17.5 Å². The molecule has 0 saturated carbocycles. The number of nitrogens with zero attached hydrogens (tertiary/aromatic N) is 3. The number of anilines is 2. The Balaban J connectivity index is 2.16. The van der Waals surface area contributed by atoms with E-state index in [9.17, 15) is 0 Å². The van der Waals surface area contributed by atoms with Crippen molar-refractivity contribution in [3.8, 4) is 0 Å². The quantitative estimate of drug-likeness (QED) is 0.608. The summed E-state index contributed by atoms with van der Waals surface area (Å²) in [7, 11) is 2.07. The average Bonchev–Trinajstić information content (AvgIpc) is 2.99. The Labute approximate surface area is 130 Å². The Kier molecular flexibility index (Phi) is 5.52.